The van der Waals surface area contributed by atoms with Gasteiger partial charge in [0.1, 0.15) is 0 Å². The summed E-state index contributed by atoms with van der Waals surface area (Å²) in [6.07, 6.45) is 0. The second-order valence-electron chi connectivity index (χ2n) is 3.49. The van der Waals surface area contributed by atoms with E-state index in [1.807, 2.05) is 34.6 Å². The maximum Gasteiger partial charge on any atom is 0.500 e. The van der Waals surface area contributed by atoms with Crippen LogP contribution in [0.2, 0.25) is 12.1 Å². The van der Waals surface area contributed by atoms with Crippen LogP contribution in [-0.4, -0.2) is 38.8 Å². The molecule has 154 valence electrons. The largest absolute Gasteiger partial charge is 0.500 e. The molecule has 0 aromatic rings. The molecule has 0 aromatic carbocycles. The number of hydrogen-bond acceptors (Lipinski definition) is 4. The van der Waals surface area contributed by atoms with E-state index in [4.69, 9.17) is 50.7 Å². The lowest BCUT2D eigenvalue weighted by atomic mass is 10.9. The summed E-state index contributed by atoms with van der Waals surface area (Å²) in [6.45, 7) is 11.8. The normalized spacial score (nSPS) is 10.5. The Balaban J connectivity index is -0.0000000851. The van der Waals surface area contributed by atoms with Crippen LogP contribution >= 0.6 is 54.6 Å². The Hall–Kier alpha value is 1.91. The summed E-state index contributed by atoms with van der Waals surface area (Å²) in [4.78, 5) is 0. The van der Waals surface area contributed by atoms with Gasteiger partial charge in [-0.05, 0) is 26.8 Å². The van der Waals surface area contributed by atoms with Gasteiger partial charge in [0.2, 0.25) is 9.23 Å². The minimum absolute atomic E-state index is 0. The summed E-state index contributed by atoms with van der Waals surface area (Å²) < 4.78 is 25.7. The highest BCUT2D eigenvalue weighted by atomic mass is 36.0. The van der Waals surface area contributed by atoms with Gasteiger partial charge in [-0.25, -0.2) is 4.21 Å². The van der Waals surface area contributed by atoms with E-state index < -0.39 is 24.0 Å². The minimum atomic E-state index is -2.27. The van der Waals surface area contributed by atoms with Crippen molar-refractivity contribution in [2.24, 2.45) is 0 Å². The van der Waals surface area contributed by atoms with Crippen molar-refractivity contribution in [3.8, 4) is 0 Å². The van der Waals surface area contributed by atoms with E-state index in [1.54, 1.807) is 0 Å². The van der Waals surface area contributed by atoms with Crippen molar-refractivity contribution < 1.29 is 17.5 Å². The predicted octanol–water partition coefficient (Wildman–Crippen LogP) is 7.03. The van der Waals surface area contributed by atoms with Gasteiger partial charge >= 0.3 is 14.8 Å². The maximum absolute atomic E-state index is 9.09. The molecule has 0 aliphatic carbocycles. The third-order valence-corrected chi connectivity index (χ3v) is 8.19. The van der Waals surface area contributed by atoms with Crippen LogP contribution < -0.4 is 0 Å². The quantitative estimate of drug-likeness (QED) is 0.201. The van der Waals surface area contributed by atoms with Crippen LogP contribution in [0.3, 0.4) is 0 Å². The van der Waals surface area contributed by atoms with E-state index in [0.29, 0.717) is 25.9 Å². The van der Waals surface area contributed by atoms with Gasteiger partial charge in [-0.3, -0.25) is 0 Å². The van der Waals surface area contributed by atoms with Crippen LogP contribution in [0.25, 0.3) is 0 Å². The molecule has 0 saturated carbocycles. The van der Waals surface area contributed by atoms with E-state index in [2.05, 4.69) is 21.4 Å². The maximum atomic E-state index is 9.09. The van der Waals surface area contributed by atoms with E-state index >= 15 is 0 Å². The molecule has 0 bridgehead atoms. The number of rotatable bonds is 8. The molecule has 0 fully saturated rings. The summed E-state index contributed by atoms with van der Waals surface area (Å²) in [5, 5.41) is 0. The lowest BCUT2D eigenvalue weighted by molar-refractivity contribution is 0.0725. The Morgan fingerprint density at radius 2 is 0.958 bits per heavy atom. The molecule has 0 unspecified atom stereocenters. The standard InChI is InChI=1S/C8H20O3Si.C2H5Cl3Si.2CH4.Cl2OS/c1-5-9-12(8-4,10-6-2)11-7-3;1-2-6(3,4)5;;;1-4(2)3/h5-8H2,1-4H3;2H2,1H3;2*1H4;. The summed E-state index contributed by atoms with van der Waals surface area (Å²) in [5.74, 6) is 0. The van der Waals surface area contributed by atoms with Crippen LogP contribution in [0.1, 0.15) is 49.5 Å². The van der Waals surface area contributed by atoms with Crippen LogP contribution in [-0.2, 0) is 22.5 Å². The Kier molecular flexibility index (Phi) is 35.2. The van der Waals surface area contributed by atoms with Crippen molar-refractivity contribution in [3.63, 3.8) is 0 Å². The highest BCUT2D eigenvalue weighted by Gasteiger charge is 2.37. The molecule has 12 heteroatoms. The lowest BCUT2D eigenvalue weighted by Gasteiger charge is -2.26. The highest BCUT2D eigenvalue weighted by molar-refractivity contribution is 8.26. The van der Waals surface area contributed by atoms with Crippen LogP contribution in [0.4, 0.5) is 0 Å². The first-order valence-corrected chi connectivity index (χ1v) is 16.7. The summed E-state index contributed by atoms with van der Waals surface area (Å²) >= 11 is 16.2. The van der Waals surface area contributed by atoms with E-state index in [-0.39, 0.29) is 14.9 Å². The molecule has 0 spiro atoms. The van der Waals surface area contributed by atoms with Gasteiger partial charge in [-0.1, -0.05) is 28.7 Å². The highest BCUT2D eigenvalue weighted by Crippen LogP contribution is 2.23. The summed E-state index contributed by atoms with van der Waals surface area (Å²) in [5.41, 5.74) is 0. The smallest absolute Gasteiger partial charge is 0.374 e. The minimum Gasteiger partial charge on any atom is -0.374 e. The first kappa shape index (κ1) is 36.8. The summed E-state index contributed by atoms with van der Waals surface area (Å²) in [6, 6.07) is -0.659. The number of hydrogen-bond donors (Lipinski definition) is 0. The molecule has 0 aromatic heterocycles. The van der Waals surface area contributed by atoms with Gasteiger partial charge in [0, 0.05) is 47.2 Å². The first-order chi connectivity index (χ1) is 10.0. The number of halogens is 5. The predicted molar refractivity (Wildman–Crippen MR) is 118 cm³/mol. The van der Waals surface area contributed by atoms with Crippen molar-refractivity contribution in [2.75, 3.05) is 19.8 Å². The average Bonchev–Trinajstić information content (AvgIpc) is 2.39. The zero-order valence-corrected chi connectivity index (χ0v) is 20.1. The molecule has 0 aliphatic heterocycles. The zero-order valence-electron chi connectivity index (χ0n) is 13.5. The van der Waals surface area contributed by atoms with Crippen molar-refractivity contribution in [2.45, 2.75) is 61.6 Å². The molecule has 0 heterocycles. The van der Waals surface area contributed by atoms with E-state index in [9.17, 15) is 0 Å². The van der Waals surface area contributed by atoms with Crippen LogP contribution in [0.5, 0.6) is 0 Å². The van der Waals surface area contributed by atoms with Crippen molar-refractivity contribution in [3.05, 3.63) is 0 Å². The third kappa shape index (κ3) is 31.7. The Morgan fingerprint density at radius 1 is 0.750 bits per heavy atom. The van der Waals surface area contributed by atoms with E-state index in [1.165, 1.54) is 0 Å². The fraction of sp³-hybridized carbons (Fsp3) is 1.00. The molecular weight excluding hydrogens is 474 g/mol. The van der Waals surface area contributed by atoms with Gasteiger partial charge in [0.05, 0.1) is 0 Å². The second kappa shape index (κ2) is 23.0. The average molecular weight is 507 g/mol. The molecular formula is C12H33Cl5O4SSi2. The molecule has 4 nitrogen and oxygen atoms in total. The second-order valence-corrected chi connectivity index (χ2v) is 18.4. The molecule has 0 saturated heterocycles. The molecule has 0 amide bonds. The van der Waals surface area contributed by atoms with Gasteiger partial charge in [0.25, 0.3) is 0 Å². The SMILES string of the molecule is C.C.CCO[Si](CC)(OCC)OCC.CC[Si](Cl)(Cl)Cl.O=S(Cl)Cl. The molecule has 0 rings (SSSR count). The Bertz CT molecular complexity index is 253. The van der Waals surface area contributed by atoms with E-state index in [0.717, 1.165) is 6.04 Å². The zero-order chi connectivity index (χ0) is 18.2. The van der Waals surface area contributed by atoms with Gasteiger partial charge in [0.15, 0.2) is 0 Å². The topological polar surface area (TPSA) is 44.8 Å². The fourth-order valence-corrected chi connectivity index (χ4v) is 3.27. The Labute approximate surface area is 176 Å². The van der Waals surface area contributed by atoms with Gasteiger partial charge in [-0.15, -0.1) is 33.2 Å². The monoisotopic (exact) mass is 504 g/mol. The Morgan fingerprint density at radius 3 is 1.04 bits per heavy atom. The first-order valence-electron chi connectivity index (χ1n) is 6.76. The van der Waals surface area contributed by atoms with Crippen molar-refractivity contribution in [1.82, 2.24) is 0 Å². The van der Waals surface area contributed by atoms with Gasteiger partial charge in [-0.2, -0.15) is 0 Å². The van der Waals surface area contributed by atoms with Crippen molar-refractivity contribution in [1.29, 1.82) is 0 Å². The fourth-order valence-electron chi connectivity index (χ4n) is 1.09. The molecule has 0 N–H and O–H groups in total. The van der Waals surface area contributed by atoms with Gasteiger partial charge < -0.3 is 13.3 Å². The molecule has 24 heavy (non-hydrogen) atoms. The van der Waals surface area contributed by atoms with Crippen LogP contribution in [0.15, 0.2) is 0 Å². The molecule has 0 radical (unpaired) electrons. The molecule has 0 aliphatic rings. The van der Waals surface area contributed by atoms with Crippen LogP contribution in [0, 0.1) is 0 Å². The summed E-state index contributed by atoms with van der Waals surface area (Å²) in [7, 11) is 5.09. The van der Waals surface area contributed by atoms with Crippen molar-refractivity contribution >= 4 is 78.6 Å². The third-order valence-electron chi connectivity index (χ3n) is 1.93. The lowest BCUT2D eigenvalue weighted by Crippen LogP contribution is -2.45. The molecule has 0 atom stereocenters.